The Balaban J connectivity index is 2.56. The molecule has 0 saturated heterocycles. The third-order valence-electron chi connectivity index (χ3n) is 1.55. The lowest BCUT2D eigenvalue weighted by molar-refractivity contribution is 0.546. The van der Waals surface area contributed by atoms with Crippen LogP contribution in [0.25, 0.3) is 15.9 Å². The van der Waals surface area contributed by atoms with Crippen molar-refractivity contribution in [2.75, 3.05) is 0 Å². The van der Waals surface area contributed by atoms with Crippen LogP contribution in [0.15, 0.2) is 28.7 Å². The number of oxazole rings is 1. The monoisotopic (exact) mass is 158 g/mol. The molecular formula is C9H6N2O. The zero-order valence-electron chi connectivity index (χ0n) is 6.32. The highest BCUT2D eigenvalue weighted by molar-refractivity contribution is 5.72. The van der Waals surface area contributed by atoms with Crippen LogP contribution in [-0.4, -0.2) is 4.98 Å². The number of benzene rings is 1. The van der Waals surface area contributed by atoms with Crippen LogP contribution in [0.1, 0.15) is 5.89 Å². The molecule has 0 aliphatic carbocycles. The molecule has 1 aromatic heterocycles. The van der Waals surface area contributed by atoms with Crippen molar-refractivity contribution in [3.05, 3.63) is 41.6 Å². The number of para-hydroxylation sites is 2. The molecule has 0 unspecified atom stereocenters. The summed E-state index contributed by atoms with van der Waals surface area (Å²) < 4.78 is 5.28. The molecule has 0 atom stereocenters. The number of fused-ring (bicyclic) bond motifs is 1. The van der Waals surface area contributed by atoms with Crippen LogP contribution in [-0.2, 0) is 6.54 Å². The first-order valence-electron chi connectivity index (χ1n) is 3.58. The Morgan fingerprint density at radius 1 is 1.42 bits per heavy atom. The van der Waals surface area contributed by atoms with Crippen molar-refractivity contribution in [3.8, 4) is 0 Å². The highest BCUT2D eigenvalue weighted by Gasteiger charge is 2.05. The van der Waals surface area contributed by atoms with E-state index in [0.29, 0.717) is 5.89 Å². The van der Waals surface area contributed by atoms with Gasteiger partial charge in [0.05, 0.1) is 0 Å². The molecule has 12 heavy (non-hydrogen) atoms. The molecule has 0 aliphatic rings. The van der Waals surface area contributed by atoms with Gasteiger partial charge < -0.3 is 9.26 Å². The quantitative estimate of drug-likeness (QED) is 0.596. The number of nitrogens with zero attached hydrogens (tertiary/aromatic N) is 2. The SMILES string of the molecule is [C-]#[N+]Cc1nc2ccccc2o1. The normalized spacial score (nSPS) is 9.92. The van der Waals surface area contributed by atoms with Crippen molar-refractivity contribution in [1.29, 1.82) is 0 Å². The van der Waals surface area contributed by atoms with Crippen LogP contribution in [0.3, 0.4) is 0 Å². The summed E-state index contributed by atoms with van der Waals surface area (Å²) in [5.74, 6) is 0.492. The highest BCUT2D eigenvalue weighted by Crippen LogP contribution is 2.14. The molecule has 1 aromatic carbocycles. The van der Waals surface area contributed by atoms with Crippen LogP contribution >= 0.6 is 0 Å². The van der Waals surface area contributed by atoms with Gasteiger partial charge in [-0.2, -0.15) is 0 Å². The van der Waals surface area contributed by atoms with Gasteiger partial charge in [0, 0.05) is 0 Å². The molecule has 0 radical (unpaired) electrons. The van der Waals surface area contributed by atoms with Gasteiger partial charge in [0.25, 0.3) is 12.4 Å². The van der Waals surface area contributed by atoms with Crippen LogP contribution in [0.2, 0.25) is 0 Å². The Hall–Kier alpha value is -1.82. The lowest BCUT2D eigenvalue weighted by atomic mass is 10.3. The Bertz CT molecular complexity index is 406. The van der Waals surface area contributed by atoms with Crippen molar-refractivity contribution in [3.63, 3.8) is 0 Å². The number of hydrogen-bond acceptors (Lipinski definition) is 2. The van der Waals surface area contributed by atoms with Gasteiger partial charge in [-0.3, -0.25) is 0 Å². The van der Waals surface area contributed by atoms with E-state index >= 15 is 0 Å². The molecular weight excluding hydrogens is 152 g/mol. The second-order valence-corrected chi connectivity index (χ2v) is 2.39. The summed E-state index contributed by atoms with van der Waals surface area (Å²) in [4.78, 5) is 7.32. The summed E-state index contributed by atoms with van der Waals surface area (Å²) in [6, 6.07) is 7.49. The predicted molar refractivity (Wildman–Crippen MR) is 44.3 cm³/mol. The largest absolute Gasteiger partial charge is 0.434 e. The second-order valence-electron chi connectivity index (χ2n) is 2.39. The molecule has 0 bridgehead atoms. The summed E-state index contributed by atoms with van der Waals surface area (Å²) in [5.41, 5.74) is 1.56. The van der Waals surface area contributed by atoms with E-state index < -0.39 is 0 Å². The predicted octanol–water partition coefficient (Wildman–Crippen LogP) is 2.25. The fourth-order valence-corrected chi connectivity index (χ4v) is 1.06. The zero-order chi connectivity index (χ0) is 8.39. The Labute approximate surface area is 69.5 Å². The lowest BCUT2D eigenvalue weighted by Crippen LogP contribution is -1.75. The fraction of sp³-hybridized carbons (Fsp3) is 0.111. The molecule has 0 fully saturated rings. The van der Waals surface area contributed by atoms with Gasteiger partial charge >= 0.3 is 0 Å². The standard InChI is InChI=1S/C9H6N2O/c1-10-6-9-11-7-4-2-3-5-8(7)12-9/h2-5H,6H2. The summed E-state index contributed by atoms with van der Waals surface area (Å²) in [7, 11) is 0. The summed E-state index contributed by atoms with van der Waals surface area (Å²) in [6.07, 6.45) is 0. The molecule has 0 spiro atoms. The second kappa shape index (κ2) is 2.67. The summed E-state index contributed by atoms with van der Waals surface area (Å²) in [6.45, 7) is 6.86. The van der Waals surface area contributed by atoms with Gasteiger partial charge in [-0.25, -0.2) is 11.6 Å². The molecule has 1 heterocycles. The lowest BCUT2D eigenvalue weighted by Gasteiger charge is -1.79. The van der Waals surface area contributed by atoms with Gasteiger partial charge in [0.15, 0.2) is 5.58 Å². The summed E-state index contributed by atoms with van der Waals surface area (Å²) in [5, 5.41) is 0. The third kappa shape index (κ3) is 1.04. The third-order valence-corrected chi connectivity index (χ3v) is 1.55. The first-order chi connectivity index (χ1) is 5.90. The van der Waals surface area contributed by atoms with E-state index in [2.05, 4.69) is 9.83 Å². The smallest absolute Gasteiger partial charge is 0.289 e. The van der Waals surface area contributed by atoms with E-state index in [1.165, 1.54) is 0 Å². The average molecular weight is 158 g/mol. The Kier molecular flexibility index (Phi) is 1.52. The first-order valence-corrected chi connectivity index (χ1v) is 3.58. The topological polar surface area (TPSA) is 30.4 Å². The molecule has 2 aromatic rings. The number of rotatable bonds is 1. The zero-order valence-corrected chi connectivity index (χ0v) is 6.32. The number of aromatic nitrogens is 1. The Morgan fingerprint density at radius 2 is 2.25 bits per heavy atom. The van der Waals surface area contributed by atoms with E-state index in [9.17, 15) is 0 Å². The van der Waals surface area contributed by atoms with Crippen LogP contribution in [0.4, 0.5) is 0 Å². The maximum absolute atomic E-state index is 6.64. The molecule has 0 saturated carbocycles. The van der Waals surface area contributed by atoms with Gasteiger partial charge in [-0.15, -0.1) is 0 Å². The van der Waals surface area contributed by atoms with Crippen molar-refractivity contribution in [2.24, 2.45) is 0 Å². The molecule has 3 heteroatoms. The molecule has 2 rings (SSSR count). The number of hydrogen-bond donors (Lipinski definition) is 0. The van der Waals surface area contributed by atoms with Crippen LogP contribution in [0.5, 0.6) is 0 Å². The van der Waals surface area contributed by atoms with E-state index in [-0.39, 0.29) is 6.54 Å². The van der Waals surface area contributed by atoms with Crippen molar-refractivity contribution >= 4 is 11.1 Å². The minimum absolute atomic E-state index is 0.217. The van der Waals surface area contributed by atoms with Crippen LogP contribution < -0.4 is 0 Å². The van der Waals surface area contributed by atoms with E-state index in [1.807, 2.05) is 24.3 Å². The van der Waals surface area contributed by atoms with E-state index in [0.717, 1.165) is 11.1 Å². The average Bonchev–Trinajstić information content (AvgIpc) is 2.47. The van der Waals surface area contributed by atoms with Crippen LogP contribution in [0, 0.1) is 6.57 Å². The van der Waals surface area contributed by atoms with Crippen molar-refractivity contribution in [1.82, 2.24) is 4.98 Å². The van der Waals surface area contributed by atoms with Gasteiger partial charge in [-0.05, 0) is 12.1 Å². The van der Waals surface area contributed by atoms with E-state index in [1.54, 1.807) is 0 Å². The van der Waals surface area contributed by atoms with Gasteiger partial charge in [0.2, 0.25) is 0 Å². The maximum atomic E-state index is 6.64. The molecule has 58 valence electrons. The fourth-order valence-electron chi connectivity index (χ4n) is 1.06. The molecule has 0 amide bonds. The molecule has 0 aliphatic heterocycles. The van der Waals surface area contributed by atoms with Gasteiger partial charge in [-0.1, -0.05) is 12.1 Å². The summed E-state index contributed by atoms with van der Waals surface area (Å²) >= 11 is 0. The minimum atomic E-state index is 0.217. The van der Waals surface area contributed by atoms with Crippen molar-refractivity contribution < 1.29 is 4.42 Å². The first kappa shape index (κ1) is 6.86. The maximum Gasteiger partial charge on any atom is 0.289 e. The van der Waals surface area contributed by atoms with Crippen molar-refractivity contribution in [2.45, 2.75) is 6.54 Å². The molecule has 3 nitrogen and oxygen atoms in total. The van der Waals surface area contributed by atoms with Gasteiger partial charge in [0.1, 0.15) is 5.52 Å². The minimum Gasteiger partial charge on any atom is -0.434 e. The Morgan fingerprint density at radius 3 is 3.00 bits per heavy atom. The van der Waals surface area contributed by atoms with E-state index in [4.69, 9.17) is 11.0 Å². The highest BCUT2D eigenvalue weighted by atomic mass is 16.3. The molecule has 0 N–H and O–H groups in total.